The van der Waals surface area contributed by atoms with E-state index in [1.165, 1.54) is 6.92 Å². The third-order valence-electron chi connectivity index (χ3n) is 1.84. The molecule has 1 rings (SSSR count). The van der Waals surface area contributed by atoms with Crippen molar-refractivity contribution in [3.63, 3.8) is 0 Å². The van der Waals surface area contributed by atoms with Gasteiger partial charge in [-0.05, 0) is 12.5 Å². The number of rotatable bonds is 5. The van der Waals surface area contributed by atoms with Gasteiger partial charge in [-0.25, -0.2) is 4.79 Å². The largest absolute Gasteiger partial charge is 0.468 e. The third-order valence-corrected chi connectivity index (χ3v) is 2.42. The van der Waals surface area contributed by atoms with Crippen LogP contribution in [0.2, 0.25) is 0 Å². The fourth-order valence-electron chi connectivity index (χ4n) is 1.01. The van der Waals surface area contributed by atoms with E-state index in [1.807, 2.05) is 0 Å². The molecule has 0 N–H and O–H groups in total. The van der Waals surface area contributed by atoms with Crippen LogP contribution < -0.4 is 0 Å². The maximum Gasteiger partial charge on any atom is 0.468 e. The Kier molecular flexibility index (Phi) is 5.49. The summed E-state index contributed by atoms with van der Waals surface area (Å²) in [6, 6.07) is 8.81. The number of benzene rings is 1. The van der Waals surface area contributed by atoms with Crippen molar-refractivity contribution in [2.75, 3.05) is 0 Å². The summed E-state index contributed by atoms with van der Waals surface area (Å²) in [4.78, 5) is 11.3. The zero-order valence-electron chi connectivity index (χ0n) is 9.44. The molecule has 18 heavy (non-hydrogen) atoms. The number of halogens is 3. The first kappa shape index (κ1) is 14.8. The third kappa shape index (κ3) is 5.92. The van der Waals surface area contributed by atoms with E-state index in [2.05, 4.69) is 4.18 Å². The Morgan fingerprint density at radius 1 is 1.33 bits per heavy atom. The Morgan fingerprint density at radius 2 is 1.94 bits per heavy atom. The standard InChI is InChI=1S/C11H11F3O3S/c1-8(17-18-11(12,13)14)10(15)16-7-9-5-3-2-4-6-9/h2-6,8H,7H2,1H3/t8-/m0/s1. The van der Waals surface area contributed by atoms with Gasteiger partial charge in [0.1, 0.15) is 18.6 Å². The molecule has 0 aromatic heterocycles. The maximum absolute atomic E-state index is 11.8. The van der Waals surface area contributed by atoms with Gasteiger partial charge in [0.25, 0.3) is 0 Å². The van der Waals surface area contributed by atoms with E-state index in [9.17, 15) is 18.0 Å². The topological polar surface area (TPSA) is 35.5 Å². The molecule has 0 bridgehead atoms. The van der Waals surface area contributed by atoms with Gasteiger partial charge in [0.05, 0.1) is 0 Å². The number of alkyl halides is 3. The fraction of sp³-hybridized carbons (Fsp3) is 0.364. The van der Waals surface area contributed by atoms with E-state index < -0.39 is 29.6 Å². The first-order valence-electron chi connectivity index (χ1n) is 5.00. The lowest BCUT2D eigenvalue weighted by molar-refractivity contribution is -0.152. The van der Waals surface area contributed by atoms with Gasteiger partial charge >= 0.3 is 11.5 Å². The lowest BCUT2D eigenvalue weighted by Gasteiger charge is -2.12. The molecule has 1 aromatic carbocycles. The van der Waals surface area contributed by atoms with Crippen molar-refractivity contribution in [2.45, 2.75) is 25.1 Å². The summed E-state index contributed by atoms with van der Waals surface area (Å²) in [6.07, 6.45) is -1.28. The molecule has 0 radical (unpaired) electrons. The summed E-state index contributed by atoms with van der Waals surface area (Å²) < 4.78 is 44.5. The van der Waals surface area contributed by atoms with Crippen molar-refractivity contribution in [1.82, 2.24) is 0 Å². The van der Waals surface area contributed by atoms with Gasteiger partial charge in [0.15, 0.2) is 6.10 Å². The molecule has 0 spiro atoms. The minimum atomic E-state index is -4.53. The average molecular weight is 280 g/mol. The van der Waals surface area contributed by atoms with Crippen LogP contribution in [-0.2, 0) is 20.3 Å². The van der Waals surface area contributed by atoms with E-state index in [4.69, 9.17) is 4.74 Å². The highest BCUT2D eigenvalue weighted by Gasteiger charge is 2.32. The highest BCUT2D eigenvalue weighted by Crippen LogP contribution is 2.32. The van der Waals surface area contributed by atoms with Crippen LogP contribution in [0.15, 0.2) is 30.3 Å². The second-order valence-electron chi connectivity index (χ2n) is 3.36. The Bertz CT molecular complexity index is 381. The zero-order valence-corrected chi connectivity index (χ0v) is 10.3. The number of esters is 1. The molecular weight excluding hydrogens is 269 g/mol. The van der Waals surface area contributed by atoms with Crippen molar-refractivity contribution < 1.29 is 26.9 Å². The monoisotopic (exact) mass is 280 g/mol. The highest BCUT2D eigenvalue weighted by atomic mass is 32.2. The molecule has 1 atom stereocenters. The molecule has 0 amide bonds. The van der Waals surface area contributed by atoms with Gasteiger partial charge in [0, 0.05) is 0 Å². The van der Waals surface area contributed by atoms with Crippen molar-refractivity contribution in [3.8, 4) is 0 Å². The first-order valence-corrected chi connectivity index (χ1v) is 5.74. The van der Waals surface area contributed by atoms with Gasteiger partial charge in [-0.3, -0.25) is 4.18 Å². The SMILES string of the molecule is C[C@H](OSC(F)(F)F)C(=O)OCc1ccccc1. The van der Waals surface area contributed by atoms with Crippen LogP contribution in [0.1, 0.15) is 12.5 Å². The molecule has 0 heterocycles. The van der Waals surface area contributed by atoms with E-state index in [1.54, 1.807) is 30.3 Å². The average Bonchev–Trinajstić information content (AvgIpc) is 2.33. The Morgan fingerprint density at radius 3 is 2.50 bits per heavy atom. The van der Waals surface area contributed by atoms with E-state index in [0.717, 1.165) is 5.56 Å². The molecule has 0 saturated carbocycles. The Balaban J connectivity index is 2.32. The Hall–Kier alpha value is -1.21. The smallest absolute Gasteiger partial charge is 0.459 e. The minimum absolute atomic E-state index is 0.00403. The van der Waals surface area contributed by atoms with Crippen LogP contribution in [0, 0.1) is 0 Å². The molecule has 0 saturated heterocycles. The molecule has 0 aliphatic rings. The minimum Gasteiger partial charge on any atom is -0.459 e. The number of carbonyl (C=O) groups excluding carboxylic acids is 1. The normalized spacial score (nSPS) is 13.1. The predicted molar refractivity (Wildman–Crippen MR) is 60.4 cm³/mol. The molecule has 7 heteroatoms. The second kappa shape index (κ2) is 6.65. The molecule has 3 nitrogen and oxygen atoms in total. The van der Waals surface area contributed by atoms with Crippen LogP contribution in [0.5, 0.6) is 0 Å². The molecule has 0 aliphatic heterocycles. The summed E-state index contributed by atoms with van der Waals surface area (Å²) in [7, 11) is 0. The van der Waals surface area contributed by atoms with Crippen molar-refractivity contribution in [3.05, 3.63) is 35.9 Å². The fourth-order valence-corrected chi connectivity index (χ4v) is 1.34. The zero-order chi connectivity index (χ0) is 13.6. The summed E-state index contributed by atoms with van der Waals surface area (Å²) in [5.74, 6) is -0.837. The van der Waals surface area contributed by atoms with Gasteiger partial charge in [-0.1, -0.05) is 30.3 Å². The molecule has 0 unspecified atom stereocenters. The lowest BCUT2D eigenvalue weighted by Crippen LogP contribution is -2.22. The summed E-state index contributed by atoms with van der Waals surface area (Å²) >= 11 is -0.709. The van der Waals surface area contributed by atoms with Gasteiger partial charge in [-0.15, -0.1) is 0 Å². The van der Waals surface area contributed by atoms with E-state index >= 15 is 0 Å². The second-order valence-corrected chi connectivity index (χ2v) is 4.18. The molecule has 1 aromatic rings. The summed E-state index contributed by atoms with van der Waals surface area (Å²) in [5, 5.41) is 0. The molecule has 0 fully saturated rings. The van der Waals surface area contributed by atoms with Gasteiger partial charge in [-0.2, -0.15) is 13.2 Å². The highest BCUT2D eigenvalue weighted by molar-refractivity contribution is 7.95. The van der Waals surface area contributed by atoms with Crippen molar-refractivity contribution >= 4 is 18.0 Å². The predicted octanol–water partition coefficient (Wildman–Crippen LogP) is 3.30. The van der Waals surface area contributed by atoms with Gasteiger partial charge in [0.2, 0.25) is 0 Å². The first-order chi connectivity index (χ1) is 8.38. The maximum atomic E-state index is 11.8. The summed E-state index contributed by atoms with van der Waals surface area (Å²) in [5.41, 5.74) is -3.78. The van der Waals surface area contributed by atoms with Crippen LogP contribution >= 0.6 is 12.0 Å². The molecule has 100 valence electrons. The van der Waals surface area contributed by atoms with Crippen LogP contribution in [-0.4, -0.2) is 17.6 Å². The molecule has 0 aliphatic carbocycles. The van der Waals surface area contributed by atoms with E-state index in [-0.39, 0.29) is 6.61 Å². The van der Waals surface area contributed by atoms with Crippen molar-refractivity contribution in [2.24, 2.45) is 0 Å². The Labute approximate surface area is 106 Å². The summed E-state index contributed by atoms with van der Waals surface area (Å²) in [6.45, 7) is 1.20. The number of hydrogen-bond acceptors (Lipinski definition) is 4. The van der Waals surface area contributed by atoms with Crippen molar-refractivity contribution in [1.29, 1.82) is 0 Å². The van der Waals surface area contributed by atoms with Crippen LogP contribution in [0.3, 0.4) is 0 Å². The van der Waals surface area contributed by atoms with E-state index in [0.29, 0.717) is 0 Å². The lowest BCUT2D eigenvalue weighted by atomic mass is 10.2. The van der Waals surface area contributed by atoms with Crippen LogP contribution in [0.25, 0.3) is 0 Å². The quantitative estimate of drug-likeness (QED) is 0.612. The number of ether oxygens (including phenoxy) is 1. The number of carbonyl (C=O) groups is 1. The van der Waals surface area contributed by atoms with Crippen LogP contribution in [0.4, 0.5) is 13.2 Å². The molecular formula is C11H11F3O3S. The number of hydrogen-bond donors (Lipinski definition) is 0. The van der Waals surface area contributed by atoms with Gasteiger partial charge < -0.3 is 4.74 Å².